The normalized spacial score (nSPS) is 14.3. The molecule has 1 atom stereocenters. The summed E-state index contributed by atoms with van der Waals surface area (Å²) in [7, 11) is 1.54. The van der Waals surface area contributed by atoms with E-state index >= 15 is 0 Å². The van der Waals surface area contributed by atoms with Gasteiger partial charge in [-0.1, -0.05) is 18.2 Å². The van der Waals surface area contributed by atoms with Crippen LogP contribution in [0.2, 0.25) is 0 Å². The van der Waals surface area contributed by atoms with Gasteiger partial charge in [0, 0.05) is 5.56 Å². The van der Waals surface area contributed by atoms with Crippen LogP contribution in [0, 0.1) is 0 Å². The van der Waals surface area contributed by atoms with E-state index in [0.717, 1.165) is 19.3 Å². The number of hydrogen-bond acceptors (Lipinski definition) is 3. The molecule has 0 fully saturated rings. The van der Waals surface area contributed by atoms with E-state index in [1.54, 1.807) is 37.4 Å². The molecule has 0 aromatic heterocycles. The van der Waals surface area contributed by atoms with E-state index in [4.69, 9.17) is 4.74 Å². The third kappa shape index (κ3) is 3.82. The van der Waals surface area contributed by atoms with E-state index < -0.39 is 12.0 Å². The van der Waals surface area contributed by atoms with Gasteiger partial charge in [0.05, 0.1) is 7.11 Å². The fraction of sp³-hybridized carbons (Fsp3) is 0.300. The lowest BCUT2D eigenvalue weighted by Gasteiger charge is -2.18. The van der Waals surface area contributed by atoms with E-state index in [-0.39, 0.29) is 5.91 Å². The van der Waals surface area contributed by atoms with Gasteiger partial charge in [-0.05, 0) is 66.6 Å². The molecule has 3 rings (SSSR count). The molecule has 0 spiro atoms. The number of carboxylic acids is 1. The molecule has 2 N–H and O–H groups in total. The predicted molar refractivity (Wildman–Crippen MR) is 93.9 cm³/mol. The lowest BCUT2D eigenvalue weighted by Crippen LogP contribution is -2.33. The second-order valence-corrected chi connectivity index (χ2v) is 6.21. The highest BCUT2D eigenvalue weighted by atomic mass is 16.5. The molecule has 25 heavy (non-hydrogen) atoms. The zero-order valence-electron chi connectivity index (χ0n) is 14.1. The first kappa shape index (κ1) is 17.0. The third-order valence-electron chi connectivity index (χ3n) is 4.58. The smallest absolute Gasteiger partial charge is 0.330 e. The van der Waals surface area contributed by atoms with E-state index in [1.807, 2.05) is 12.1 Å². The highest BCUT2D eigenvalue weighted by Crippen LogP contribution is 2.23. The molecule has 130 valence electrons. The molecule has 1 aliphatic rings. The number of aryl methyl sites for hydroxylation is 2. The van der Waals surface area contributed by atoms with Crippen LogP contribution < -0.4 is 10.1 Å². The van der Waals surface area contributed by atoms with Gasteiger partial charge in [-0.2, -0.15) is 0 Å². The number of ether oxygens (including phenoxy) is 1. The molecule has 5 nitrogen and oxygen atoms in total. The number of carbonyl (C=O) groups is 2. The van der Waals surface area contributed by atoms with Gasteiger partial charge in [0.2, 0.25) is 0 Å². The molecule has 0 radical (unpaired) electrons. The molecule has 0 saturated carbocycles. The monoisotopic (exact) mass is 339 g/mol. The SMILES string of the molecule is COc1ccc(C(NC(=O)c2ccc3c(c2)CCCC3)C(=O)O)cc1. The average molecular weight is 339 g/mol. The molecule has 5 heteroatoms. The molecule has 0 bridgehead atoms. The number of fused-ring (bicyclic) bond motifs is 1. The van der Waals surface area contributed by atoms with Gasteiger partial charge in [0.15, 0.2) is 6.04 Å². The van der Waals surface area contributed by atoms with Gasteiger partial charge in [0.25, 0.3) is 5.91 Å². The predicted octanol–water partition coefficient (Wildman–Crippen LogP) is 3.13. The second-order valence-electron chi connectivity index (χ2n) is 6.21. The van der Waals surface area contributed by atoms with Crippen LogP contribution in [0.25, 0.3) is 0 Å². The number of amides is 1. The van der Waals surface area contributed by atoms with Crippen LogP contribution in [0.3, 0.4) is 0 Å². The average Bonchev–Trinajstić information content (AvgIpc) is 2.65. The van der Waals surface area contributed by atoms with Crippen molar-refractivity contribution in [1.29, 1.82) is 0 Å². The van der Waals surface area contributed by atoms with Crippen molar-refractivity contribution in [2.45, 2.75) is 31.7 Å². The number of methoxy groups -OCH3 is 1. The fourth-order valence-electron chi connectivity index (χ4n) is 3.17. The number of hydrogen-bond donors (Lipinski definition) is 2. The molecule has 2 aromatic carbocycles. The highest BCUT2D eigenvalue weighted by Gasteiger charge is 2.23. The minimum Gasteiger partial charge on any atom is -0.497 e. The summed E-state index contributed by atoms with van der Waals surface area (Å²) in [4.78, 5) is 24.2. The molecule has 2 aromatic rings. The maximum atomic E-state index is 12.5. The third-order valence-corrected chi connectivity index (χ3v) is 4.58. The summed E-state index contributed by atoms with van der Waals surface area (Å²) in [6.07, 6.45) is 4.32. The first-order valence-corrected chi connectivity index (χ1v) is 8.38. The van der Waals surface area contributed by atoms with E-state index in [1.165, 1.54) is 17.5 Å². The van der Waals surface area contributed by atoms with Gasteiger partial charge < -0.3 is 15.2 Å². The number of aliphatic carboxylic acids is 1. The van der Waals surface area contributed by atoms with Crippen molar-refractivity contribution in [1.82, 2.24) is 5.32 Å². The van der Waals surface area contributed by atoms with Crippen molar-refractivity contribution in [3.8, 4) is 5.75 Å². The van der Waals surface area contributed by atoms with Gasteiger partial charge >= 0.3 is 5.97 Å². The lowest BCUT2D eigenvalue weighted by molar-refractivity contribution is -0.139. The van der Waals surface area contributed by atoms with Gasteiger partial charge in [-0.3, -0.25) is 4.79 Å². The largest absolute Gasteiger partial charge is 0.497 e. The number of carbonyl (C=O) groups excluding carboxylic acids is 1. The highest BCUT2D eigenvalue weighted by molar-refractivity contribution is 5.97. The van der Waals surface area contributed by atoms with Crippen molar-refractivity contribution in [3.63, 3.8) is 0 Å². The molecule has 1 amide bonds. The van der Waals surface area contributed by atoms with E-state index in [2.05, 4.69) is 5.32 Å². The summed E-state index contributed by atoms with van der Waals surface area (Å²) in [5.41, 5.74) is 3.47. The quantitative estimate of drug-likeness (QED) is 0.877. The Bertz CT molecular complexity index is 783. The van der Waals surface area contributed by atoms with E-state index in [9.17, 15) is 14.7 Å². The summed E-state index contributed by atoms with van der Waals surface area (Å²) in [5.74, 6) is -0.845. The minimum absolute atomic E-state index is 0.378. The van der Waals surface area contributed by atoms with Crippen molar-refractivity contribution in [3.05, 3.63) is 64.7 Å². The Balaban J connectivity index is 1.79. The zero-order chi connectivity index (χ0) is 17.8. The minimum atomic E-state index is -1.10. The number of benzene rings is 2. The molecular formula is C20H21NO4. The summed E-state index contributed by atoms with van der Waals surface area (Å²) >= 11 is 0. The summed E-state index contributed by atoms with van der Waals surface area (Å²) in [6, 6.07) is 11.2. The van der Waals surface area contributed by atoms with Crippen LogP contribution in [0.5, 0.6) is 5.75 Å². The Morgan fingerprint density at radius 2 is 1.72 bits per heavy atom. The van der Waals surface area contributed by atoms with Gasteiger partial charge in [0.1, 0.15) is 5.75 Å². The Hall–Kier alpha value is -2.82. The van der Waals surface area contributed by atoms with Gasteiger partial charge in [-0.15, -0.1) is 0 Å². The van der Waals surface area contributed by atoms with Crippen molar-refractivity contribution in [2.24, 2.45) is 0 Å². The van der Waals surface area contributed by atoms with Crippen molar-refractivity contribution < 1.29 is 19.4 Å². The summed E-state index contributed by atoms with van der Waals surface area (Å²) < 4.78 is 5.08. The Morgan fingerprint density at radius 1 is 1.04 bits per heavy atom. The molecular weight excluding hydrogens is 318 g/mol. The summed E-state index contributed by atoms with van der Waals surface area (Å²) in [6.45, 7) is 0. The standard InChI is InChI=1S/C20H21NO4/c1-25-17-10-8-14(9-11-17)18(20(23)24)21-19(22)16-7-6-13-4-2-3-5-15(13)12-16/h6-12,18H,2-5H2,1H3,(H,21,22)(H,23,24). The topological polar surface area (TPSA) is 75.6 Å². The van der Waals surface area contributed by atoms with Crippen LogP contribution in [0.15, 0.2) is 42.5 Å². The van der Waals surface area contributed by atoms with Gasteiger partial charge in [-0.25, -0.2) is 4.79 Å². The van der Waals surface area contributed by atoms with Crippen LogP contribution >= 0.6 is 0 Å². The maximum absolute atomic E-state index is 12.5. The van der Waals surface area contributed by atoms with Crippen LogP contribution in [-0.4, -0.2) is 24.1 Å². The molecule has 0 aliphatic heterocycles. The first-order valence-electron chi connectivity index (χ1n) is 8.38. The molecule has 0 saturated heterocycles. The van der Waals surface area contributed by atoms with Crippen molar-refractivity contribution in [2.75, 3.05) is 7.11 Å². The lowest BCUT2D eigenvalue weighted by atomic mass is 9.90. The van der Waals surface area contributed by atoms with Crippen molar-refractivity contribution >= 4 is 11.9 Å². The first-order chi connectivity index (χ1) is 12.1. The molecule has 1 unspecified atom stereocenters. The maximum Gasteiger partial charge on any atom is 0.330 e. The number of carboxylic acid groups (broad SMARTS) is 1. The molecule has 1 aliphatic carbocycles. The van der Waals surface area contributed by atoms with Crippen LogP contribution in [0.4, 0.5) is 0 Å². The van der Waals surface area contributed by atoms with E-state index in [0.29, 0.717) is 16.9 Å². The fourth-order valence-corrected chi connectivity index (χ4v) is 3.17. The van der Waals surface area contributed by atoms with Crippen LogP contribution in [0.1, 0.15) is 45.9 Å². The second kappa shape index (κ2) is 7.38. The van der Waals surface area contributed by atoms with Crippen LogP contribution in [-0.2, 0) is 17.6 Å². The Kier molecular flexibility index (Phi) is 5.03. The Labute approximate surface area is 146 Å². The summed E-state index contributed by atoms with van der Waals surface area (Å²) in [5, 5.41) is 12.1. The number of nitrogens with one attached hydrogen (secondary N) is 1. The molecule has 0 heterocycles. The Morgan fingerprint density at radius 3 is 2.36 bits per heavy atom. The number of rotatable bonds is 5. The zero-order valence-corrected chi connectivity index (χ0v) is 14.1.